The van der Waals surface area contributed by atoms with Gasteiger partial charge < -0.3 is 9.80 Å². The minimum atomic E-state index is 0.897. The van der Waals surface area contributed by atoms with Crippen LogP contribution in [0.25, 0.3) is 0 Å². The number of hydrogen-bond acceptors (Lipinski definition) is 5. The van der Waals surface area contributed by atoms with Crippen LogP contribution in [0.1, 0.15) is 26.7 Å². The highest BCUT2D eigenvalue weighted by Gasteiger charge is 2.23. The highest BCUT2D eigenvalue weighted by molar-refractivity contribution is 5.35. The number of rotatable bonds is 3. The van der Waals surface area contributed by atoms with E-state index in [1.165, 1.54) is 32.5 Å². The second-order valence-corrected chi connectivity index (χ2v) is 6.10. The summed E-state index contributed by atoms with van der Waals surface area (Å²) in [6.07, 6.45) is 8.11. The van der Waals surface area contributed by atoms with Gasteiger partial charge in [0.1, 0.15) is 5.82 Å². The lowest BCUT2D eigenvalue weighted by Crippen LogP contribution is -2.49. The monoisotopic (exact) mass is 305 g/mol. The summed E-state index contributed by atoms with van der Waals surface area (Å²) < 4.78 is 0. The predicted octanol–water partition coefficient (Wildman–Crippen LogP) is 1.97. The molecule has 2 aliphatic heterocycles. The van der Waals surface area contributed by atoms with Gasteiger partial charge in [-0.25, -0.2) is 4.98 Å². The highest BCUT2D eigenvalue weighted by atomic mass is 15.3. The molecular formula is C17H31N5. The van der Waals surface area contributed by atoms with Crippen molar-refractivity contribution in [2.75, 3.05) is 57.8 Å². The van der Waals surface area contributed by atoms with Crippen LogP contribution >= 0.6 is 0 Å². The van der Waals surface area contributed by atoms with Crippen LogP contribution < -0.4 is 4.90 Å². The molecule has 3 heterocycles. The van der Waals surface area contributed by atoms with Gasteiger partial charge in [-0.3, -0.25) is 9.88 Å². The molecule has 2 saturated heterocycles. The summed E-state index contributed by atoms with van der Waals surface area (Å²) in [4.78, 5) is 16.0. The Morgan fingerprint density at radius 1 is 1.00 bits per heavy atom. The Bertz CT molecular complexity index is 395. The van der Waals surface area contributed by atoms with Crippen molar-refractivity contribution in [2.24, 2.45) is 5.92 Å². The number of piperazine rings is 1. The van der Waals surface area contributed by atoms with Crippen LogP contribution in [0, 0.1) is 5.92 Å². The summed E-state index contributed by atoms with van der Waals surface area (Å²) in [5.74, 6) is 1.92. The molecule has 0 bridgehead atoms. The van der Waals surface area contributed by atoms with Crippen LogP contribution in [0.3, 0.4) is 0 Å². The van der Waals surface area contributed by atoms with Gasteiger partial charge >= 0.3 is 0 Å². The number of nitrogens with zero attached hydrogens (tertiary/aromatic N) is 5. The molecule has 124 valence electrons. The highest BCUT2D eigenvalue weighted by Crippen LogP contribution is 2.19. The SMILES string of the molecule is CC.CN1CCC(CN2CCN(c3cnccn3)CC2)CC1. The zero-order valence-corrected chi connectivity index (χ0v) is 14.4. The molecule has 2 fully saturated rings. The Labute approximate surface area is 135 Å². The minimum Gasteiger partial charge on any atom is -0.353 e. The van der Waals surface area contributed by atoms with Gasteiger partial charge in [0, 0.05) is 45.1 Å². The Morgan fingerprint density at radius 3 is 2.27 bits per heavy atom. The lowest BCUT2D eigenvalue weighted by molar-refractivity contribution is 0.155. The van der Waals surface area contributed by atoms with Crippen LogP contribution in [0.5, 0.6) is 0 Å². The van der Waals surface area contributed by atoms with Crippen LogP contribution in [0.2, 0.25) is 0 Å². The first-order valence-electron chi connectivity index (χ1n) is 8.73. The number of aromatic nitrogens is 2. The summed E-state index contributed by atoms with van der Waals surface area (Å²) in [7, 11) is 2.23. The van der Waals surface area contributed by atoms with Crippen LogP contribution in [-0.2, 0) is 0 Å². The molecule has 0 amide bonds. The Hall–Kier alpha value is -1.20. The van der Waals surface area contributed by atoms with Gasteiger partial charge in [0.2, 0.25) is 0 Å². The van der Waals surface area contributed by atoms with Gasteiger partial charge in [0.15, 0.2) is 0 Å². The molecule has 5 heteroatoms. The molecule has 0 unspecified atom stereocenters. The van der Waals surface area contributed by atoms with Crippen molar-refractivity contribution in [2.45, 2.75) is 26.7 Å². The first-order chi connectivity index (χ1) is 10.8. The minimum absolute atomic E-state index is 0.897. The van der Waals surface area contributed by atoms with Crippen LogP contribution in [-0.4, -0.2) is 72.6 Å². The first kappa shape index (κ1) is 17.2. The molecule has 0 atom stereocenters. The molecule has 0 radical (unpaired) electrons. The van der Waals surface area contributed by atoms with E-state index in [0.29, 0.717) is 0 Å². The van der Waals surface area contributed by atoms with Crippen molar-refractivity contribution in [3.05, 3.63) is 18.6 Å². The van der Waals surface area contributed by atoms with Crippen molar-refractivity contribution in [3.63, 3.8) is 0 Å². The summed E-state index contributed by atoms with van der Waals surface area (Å²) in [5.41, 5.74) is 0. The van der Waals surface area contributed by atoms with E-state index in [0.717, 1.165) is 37.9 Å². The van der Waals surface area contributed by atoms with Gasteiger partial charge in [0.25, 0.3) is 0 Å². The zero-order chi connectivity index (χ0) is 15.8. The van der Waals surface area contributed by atoms with Crippen LogP contribution in [0.4, 0.5) is 5.82 Å². The van der Waals surface area contributed by atoms with E-state index < -0.39 is 0 Å². The molecule has 2 aliphatic rings. The molecule has 0 saturated carbocycles. The summed E-state index contributed by atoms with van der Waals surface area (Å²) in [5, 5.41) is 0. The van der Waals surface area contributed by atoms with Gasteiger partial charge in [-0.05, 0) is 38.9 Å². The van der Waals surface area contributed by atoms with E-state index in [1.54, 1.807) is 12.4 Å². The first-order valence-corrected chi connectivity index (χ1v) is 8.73. The molecule has 0 aromatic carbocycles. The lowest BCUT2D eigenvalue weighted by atomic mass is 9.96. The molecule has 0 N–H and O–H groups in total. The van der Waals surface area contributed by atoms with E-state index >= 15 is 0 Å². The topological polar surface area (TPSA) is 35.5 Å². The third-order valence-corrected chi connectivity index (χ3v) is 4.60. The Kier molecular flexibility index (Phi) is 7.06. The number of piperidine rings is 1. The summed E-state index contributed by atoms with van der Waals surface area (Å²) in [6.45, 7) is 12.3. The number of hydrogen-bond donors (Lipinski definition) is 0. The van der Waals surface area contributed by atoms with E-state index in [4.69, 9.17) is 0 Å². The Morgan fingerprint density at radius 2 is 1.68 bits per heavy atom. The summed E-state index contributed by atoms with van der Waals surface area (Å²) in [6, 6.07) is 0. The smallest absolute Gasteiger partial charge is 0.147 e. The van der Waals surface area contributed by atoms with E-state index in [-0.39, 0.29) is 0 Å². The quantitative estimate of drug-likeness (QED) is 0.853. The average molecular weight is 305 g/mol. The van der Waals surface area contributed by atoms with Crippen molar-refractivity contribution >= 4 is 5.82 Å². The molecule has 1 aromatic heterocycles. The normalized spacial score (nSPS) is 21.3. The van der Waals surface area contributed by atoms with E-state index in [1.807, 2.05) is 20.0 Å². The van der Waals surface area contributed by atoms with Gasteiger partial charge in [-0.15, -0.1) is 0 Å². The zero-order valence-electron chi connectivity index (χ0n) is 14.4. The number of likely N-dealkylation sites (tertiary alicyclic amines) is 1. The molecule has 22 heavy (non-hydrogen) atoms. The fourth-order valence-electron chi connectivity index (χ4n) is 3.22. The fraction of sp³-hybridized carbons (Fsp3) is 0.765. The van der Waals surface area contributed by atoms with E-state index in [9.17, 15) is 0 Å². The lowest BCUT2D eigenvalue weighted by Gasteiger charge is -2.38. The molecule has 5 nitrogen and oxygen atoms in total. The van der Waals surface area contributed by atoms with Crippen molar-refractivity contribution in [1.82, 2.24) is 19.8 Å². The largest absolute Gasteiger partial charge is 0.353 e. The van der Waals surface area contributed by atoms with Gasteiger partial charge in [-0.2, -0.15) is 0 Å². The second-order valence-electron chi connectivity index (χ2n) is 6.10. The van der Waals surface area contributed by atoms with Crippen LogP contribution in [0.15, 0.2) is 18.6 Å². The average Bonchev–Trinajstić information content (AvgIpc) is 2.60. The van der Waals surface area contributed by atoms with Crippen molar-refractivity contribution in [3.8, 4) is 0 Å². The van der Waals surface area contributed by atoms with Crippen molar-refractivity contribution < 1.29 is 0 Å². The fourth-order valence-corrected chi connectivity index (χ4v) is 3.22. The van der Waals surface area contributed by atoms with E-state index in [2.05, 4.69) is 31.7 Å². The molecule has 0 aliphatic carbocycles. The van der Waals surface area contributed by atoms with Gasteiger partial charge in [0.05, 0.1) is 6.20 Å². The van der Waals surface area contributed by atoms with Gasteiger partial charge in [-0.1, -0.05) is 13.8 Å². The third kappa shape index (κ3) is 4.92. The summed E-state index contributed by atoms with van der Waals surface area (Å²) >= 11 is 0. The molecule has 3 rings (SSSR count). The maximum atomic E-state index is 4.39. The molecular weight excluding hydrogens is 274 g/mol. The molecule has 1 aromatic rings. The number of anilines is 1. The standard InChI is InChI=1S/C15H25N5.C2H6/c1-18-6-2-14(3-7-18)13-19-8-10-20(11-9-19)15-12-16-4-5-17-15;1-2/h4-5,12,14H,2-3,6-11,13H2,1H3;1-2H3. The predicted molar refractivity (Wildman–Crippen MR) is 92.3 cm³/mol. The second kappa shape index (κ2) is 9.06. The maximum Gasteiger partial charge on any atom is 0.147 e. The maximum absolute atomic E-state index is 4.39. The van der Waals surface area contributed by atoms with Crippen molar-refractivity contribution in [1.29, 1.82) is 0 Å². The Balaban J connectivity index is 0.000000847. The third-order valence-electron chi connectivity index (χ3n) is 4.60. The molecule has 0 spiro atoms.